The number of carbonyl (C=O) groups excluding carboxylic acids is 1. The Labute approximate surface area is 167 Å². The van der Waals surface area contributed by atoms with Gasteiger partial charge in [-0.3, -0.25) is 9.69 Å². The largest absolute Gasteiger partial charge is 0.379 e. The van der Waals surface area contributed by atoms with Gasteiger partial charge < -0.3 is 15.0 Å². The average Bonchev–Trinajstić information content (AvgIpc) is 3.12. The fraction of sp³-hybridized carbons (Fsp3) is 0.435. The van der Waals surface area contributed by atoms with Crippen LogP contribution in [-0.4, -0.2) is 56.2 Å². The van der Waals surface area contributed by atoms with E-state index < -0.39 is 0 Å². The molecule has 2 aliphatic rings. The first kappa shape index (κ1) is 19.0. The van der Waals surface area contributed by atoms with Crippen LogP contribution in [0.2, 0.25) is 0 Å². The summed E-state index contributed by atoms with van der Waals surface area (Å²) in [4.78, 5) is 17.5. The van der Waals surface area contributed by atoms with Crippen molar-refractivity contribution in [2.24, 2.45) is 0 Å². The molecule has 1 saturated heterocycles. The topological polar surface area (TPSA) is 44.8 Å². The van der Waals surface area contributed by atoms with Crippen molar-refractivity contribution in [2.45, 2.75) is 25.4 Å². The monoisotopic (exact) mass is 379 g/mol. The number of anilines is 1. The Morgan fingerprint density at radius 1 is 1.04 bits per heavy atom. The van der Waals surface area contributed by atoms with Gasteiger partial charge in [-0.1, -0.05) is 48.5 Å². The highest BCUT2D eigenvalue weighted by Crippen LogP contribution is 2.28. The lowest BCUT2D eigenvalue weighted by Gasteiger charge is -2.38. The summed E-state index contributed by atoms with van der Waals surface area (Å²) in [5.41, 5.74) is 3.76. The third kappa shape index (κ3) is 4.21. The molecule has 5 heteroatoms. The van der Waals surface area contributed by atoms with Crippen molar-refractivity contribution in [3.05, 3.63) is 65.7 Å². The third-order valence-electron chi connectivity index (χ3n) is 5.76. The summed E-state index contributed by atoms with van der Waals surface area (Å²) in [6, 6.07) is 19.0. The maximum absolute atomic E-state index is 12.8. The minimum Gasteiger partial charge on any atom is -0.379 e. The number of morpholine rings is 1. The molecular formula is C23H29N3O2. The van der Waals surface area contributed by atoms with E-state index in [1.54, 1.807) is 0 Å². The van der Waals surface area contributed by atoms with Gasteiger partial charge in [0.05, 0.1) is 25.8 Å². The van der Waals surface area contributed by atoms with Crippen LogP contribution in [0.15, 0.2) is 54.6 Å². The Kier molecular flexibility index (Phi) is 5.93. The standard InChI is InChI=1S/C23H29N3O2/c1-18(23(20-8-3-2-4-9-20)25-13-15-28-16-14-25)24-22(27)17-26-12-11-19-7-5-6-10-21(19)26/h2-10,18,23H,11-17H2,1H3,(H,24,27)/t18-,23-/m0/s1. The van der Waals surface area contributed by atoms with Crippen LogP contribution >= 0.6 is 0 Å². The van der Waals surface area contributed by atoms with Gasteiger partial charge in [-0.05, 0) is 30.5 Å². The van der Waals surface area contributed by atoms with Crippen LogP contribution in [0.5, 0.6) is 0 Å². The van der Waals surface area contributed by atoms with Crippen molar-refractivity contribution in [3.63, 3.8) is 0 Å². The molecule has 0 radical (unpaired) electrons. The van der Waals surface area contributed by atoms with Crippen LogP contribution in [0.3, 0.4) is 0 Å². The molecule has 148 valence electrons. The van der Waals surface area contributed by atoms with Crippen LogP contribution in [0.4, 0.5) is 5.69 Å². The van der Waals surface area contributed by atoms with E-state index in [-0.39, 0.29) is 18.0 Å². The highest BCUT2D eigenvalue weighted by molar-refractivity contribution is 5.82. The minimum absolute atomic E-state index is 0.0193. The molecule has 2 aromatic carbocycles. The van der Waals surface area contributed by atoms with E-state index in [4.69, 9.17) is 4.74 Å². The fourth-order valence-corrected chi connectivity index (χ4v) is 4.44. The molecule has 4 rings (SSSR count). The van der Waals surface area contributed by atoms with Crippen LogP contribution in [-0.2, 0) is 16.0 Å². The van der Waals surface area contributed by atoms with Gasteiger partial charge in [-0.15, -0.1) is 0 Å². The van der Waals surface area contributed by atoms with E-state index in [1.807, 2.05) is 12.1 Å². The number of carbonyl (C=O) groups is 1. The maximum Gasteiger partial charge on any atom is 0.239 e. The van der Waals surface area contributed by atoms with Gasteiger partial charge in [-0.25, -0.2) is 0 Å². The second kappa shape index (κ2) is 8.76. The third-order valence-corrected chi connectivity index (χ3v) is 5.76. The molecule has 28 heavy (non-hydrogen) atoms. The fourth-order valence-electron chi connectivity index (χ4n) is 4.44. The number of ether oxygens (including phenoxy) is 1. The number of para-hydroxylation sites is 1. The van der Waals surface area contributed by atoms with Crippen LogP contribution in [0.25, 0.3) is 0 Å². The van der Waals surface area contributed by atoms with Gasteiger partial charge in [-0.2, -0.15) is 0 Å². The van der Waals surface area contributed by atoms with Gasteiger partial charge in [0, 0.05) is 31.4 Å². The molecule has 1 fully saturated rings. The zero-order valence-corrected chi connectivity index (χ0v) is 16.5. The summed E-state index contributed by atoms with van der Waals surface area (Å²) >= 11 is 0. The molecule has 2 aromatic rings. The second-order valence-corrected chi connectivity index (χ2v) is 7.66. The number of benzene rings is 2. The highest BCUT2D eigenvalue weighted by Gasteiger charge is 2.29. The van der Waals surface area contributed by atoms with E-state index in [2.05, 4.69) is 64.5 Å². The lowest BCUT2D eigenvalue weighted by atomic mass is 9.98. The number of nitrogens with zero attached hydrogens (tertiary/aromatic N) is 2. The molecule has 2 heterocycles. The summed E-state index contributed by atoms with van der Waals surface area (Å²) in [6.45, 7) is 6.70. The molecule has 0 aliphatic carbocycles. The first-order valence-electron chi connectivity index (χ1n) is 10.2. The van der Waals surface area contributed by atoms with Crippen LogP contribution < -0.4 is 10.2 Å². The number of amides is 1. The summed E-state index contributed by atoms with van der Waals surface area (Å²) in [5.74, 6) is 0.0818. The predicted molar refractivity (Wildman–Crippen MR) is 112 cm³/mol. The molecule has 5 nitrogen and oxygen atoms in total. The Morgan fingerprint density at radius 3 is 2.54 bits per heavy atom. The Balaban J connectivity index is 1.44. The Hall–Kier alpha value is -2.37. The summed E-state index contributed by atoms with van der Waals surface area (Å²) in [6.07, 6.45) is 1.01. The van der Waals surface area contributed by atoms with Gasteiger partial charge in [0.25, 0.3) is 0 Å². The van der Waals surface area contributed by atoms with E-state index >= 15 is 0 Å². The van der Waals surface area contributed by atoms with E-state index in [0.29, 0.717) is 6.54 Å². The lowest BCUT2D eigenvalue weighted by Crippen LogP contribution is -2.50. The smallest absolute Gasteiger partial charge is 0.239 e. The van der Waals surface area contributed by atoms with E-state index in [1.165, 1.54) is 16.8 Å². The molecule has 0 spiro atoms. The molecule has 1 amide bonds. The highest BCUT2D eigenvalue weighted by atomic mass is 16.5. The minimum atomic E-state index is 0.0193. The quantitative estimate of drug-likeness (QED) is 0.838. The van der Waals surface area contributed by atoms with Gasteiger partial charge in [0.15, 0.2) is 0 Å². The van der Waals surface area contributed by atoms with Crippen molar-refractivity contribution in [1.29, 1.82) is 0 Å². The van der Waals surface area contributed by atoms with Crippen molar-refractivity contribution in [2.75, 3.05) is 44.3 Å². The maximum atomic E-state index is 12.8. The number of rotatable bonds is 6. The summed E-state index contributed by atoms with van der Waals surface area (Å²) < 4.78 is 5.53. The molecular weight excluding hydrogens is 350 g/mol. The first-order chi connectivity index (χ1) is 13.7. The van der Waals surface area contributed by atoms with Gasteiger partial charge in [0.1, 0.15) is 0 Å². The van der Waals surface area contributed by atoms with Crippen molar-refractivity contribution in [3.8, 4) is 0 Å². The van der Waals surface area contributed by atoms with Gasteiger partial charge >= 0.3 is 0 Å². The number of hydrogen-bond acceptors (Lipinski definition) is 4. The Morgan fingerprint density at radius 2 is 1.75 bits per heavy atom. The molecule has 0 aromatic heterocycles. The molecule has 2 atom stereocenters. The zero-order chi connectivity index (χ0) is 19.3. The zero-order valence-electron chi connectivity index (χ0n) is 16.5. The normalized spacial score (nSPS) is 19.1. The molecule has 0 unspecified atom stereocenters. The average molecular weight is 380 g/mol. The van der Waals surface area contributed by atoms with E-state index in [0.717, 1.165) is 39.3 Å². The summed E-state index contributed by atoms with van der Waals surface area (Å²) in [7, 11) is 0. The number of fused-ring (bicyclic) bond motifs is 1. The number of nitrogens with one attached hydrogen (secondary N) is 1. The van der Waals surface area contributed by atoms with Gasteiger partial charge in [0.2, 0.25) is 5.91 Å². The Bertz CT molecular complexity index is 789. The molecule has 1 N–H and O–H groups in total. The predicted octanol–water partition coefficient (Wildman–Crippen LogP) is 2.63. The van der Waals surface area contributed by atoms with Crippen LogP contribution in [0.1, 0.15) is 24.1 Å². The molecule has 0 saturated carbocycles. The van der Waals surface area contributed by atoms with E-state index in [9.17, 15) is 4.79 Å². The number of hydrogen-bond donors (Lipinski definition) is 1. The van der Waals surface area contributed by atoms with Crippen molar-refractivity contribution < 1.29 is 9.53 Å². The second-order valence-electron chi connectivity index (χ2n) is 7.66. The van der Waals surface area contributed by atoms with Crippen molar-refractivity contribution >= 4 is 11.6 Å². The first-order valence-corrected chi connectivity index (χ1v) is 10.2. The lowest BCUT2D eigenvalue weighted by molar-refractivity contribution is -0.121. The van der Waals surface area contributed by atoms with Crippen LogP contribution in [0, 0.1) is 0 Å². The summed E-state index contributed by atoms with van der Waals surface area (Å²) in [5, 5.41) is 3.27. The van der Waals surface area contributed by atoms with Crippen molar-refractivity contribution in [1.82, 2.24) is 10.2 Å². The SMILES string of the molecule is C[C@H](NC(=O)CN1CCc2ccccc21)[C@@H](c1ccccc1)N1CCOCC1. The molecule has 0 bridgehead atoms. The molecule has 2 aliphatic heterocycles.